The van der Waals surface area contributed by atoms with Crippen LogP contribution in [0.1, 0.15) is 52.9 Å². The van der Waals surface area contributed by atoms with Gasteiger partial charge in [-0.2, -0.15) is 11.3 Å². The van der Waals surface area contributed by atoms with E-state index >= 15 is 0 Å². The molecule has 1 saturated carbocycles. The van der Waals surface area contributed by atoms with Crippen molar-refractivity contribution in [3.8, 4) is 11.1 Å². The van der Waals surface area contributed by atoms with Gasteiger partial charge in [0.05, 0.1) is 0 Å². The molecule has 3 rings (SSSR count). The number of nitrogens with one attached hydrogen (secondary N) is 1. The maximum absolute atomic E-state index is 11.9. The lowest BCUT2D eigenvalue weighted by atomic mass is 9.84. The summed E-state index contributed by atoms with van der Waals surface area (Å²) in [6, 6.07) is 10.8. The Morgan fingerprint density at radius 1 is 1.22 bits per heavy atom. The molecule has 0 bridgehead atoms. The number of carbonyl (C=O) groups excluding carboxylic acids is 1. The second kappa shape index (κ2) is 8.88. The van der Waals surface area contributed by atoms with Crippen LogP contribution in [0.4, 0.5) is 0 Å². The molecule has 1 N–H and O–H groups in total. The largest absolute Gasteiger partial charge is 0.355 e. The first-order valence-corrected chi connectivity index (χ1v) is 9.58. The van der Waals surface area contributed by atoms with Crippen molar-refractivity contribution in [2.24, 2.45) is 5.92 Å². The van der Waals surface area contributed by atoms with Crippen molar-refractivity contribution in [1.82, 2.24) is 5.32 Å². The third-order valence-electron chi connectivity index (χ3n) is 4.39. The average Bonchev–Trinajstić information content (AvgIpc) is 3.07. The molecule has 0 radical (unpaired) electrons. The maximum atomic E-state index is 11.9. The molecular formula is C20H29NOS. The van der Waals surface area contributed by atoms with Crippen LogP contribution in [0, 0.1) is 5.92 Å². The third-order valence-corrected chi connectivity index (χ3v) is 5.08. The Balaban J connectivity index is 0.000000925. The minimum atomic E-state index is 0. The lowest BCUT2D eigenvalue weighted by molar-refractivity contribution is -0.127. The van der Waals surface area contributed by atoms with Crippen LogP contribution in [0.5, 0.6) is 0 Å². The van der Waals surface area contributed by atoms with Gasteiger partial charge >= 0.3 is 0 Å². The zero-order chi connectivity index (χ0) is 16.7. The van der Waals surface area contributed by atoms with Crippen molar-refractivity contribution in [2.45, 2.75) is 46.0 Å². The molecule has 0 spiro atoms. The van der Waals surface area contributed by atoms with Crippen LogP contribution in [-0.4, -0.2) is 12.5 Å². The summed E-state index contributed by atoms with van der Waals surface area (Å²) in [5.41, 5.74) is 3.81. The molecule has 1 heterocycles. The lowest BCUT2D eigenvalue weighted by Crippen LogP contribution is -2.36. The first kappa shape index (κ1) is 17.7. The topological polar surface area (TPSA) is 29.1 Å². The zero-order valence-electron chi connectivity index (χ0n) is 14.3. The third kappa shape index (κ3) is 4.68. The van der Waals surface area contributed by atoms with Crippen LogP contribution in [0.15, 0.2) is 41.1 Å². The molecule has 23 heavy (non-hydrogen) atoms. The van der Waals surface area contributed by atoms with Gasteiger partial charge in [0.25, 0.3) is 0 Å². The highest BCUT2D eigenvalue weighted by atomic mass is 32.1. The van der Waals surface area contributed by atoms with Crippen molar-refractivity contribution >= 4 is 17.2 Å². The van der Waals surface area contributed by atoms with E-state index in [0.717, 1.165) is 19.4 Å². The summed E-state index contributed by atoms with van der Waals surface area (Å²) in [5, 5.41) is 7.35. The van der Waals surface area contributed by atoms with Gasteiger partial charge in [-0.25, -0.2) is 0 Å². The van der Waals surface area contributed by atoms with Crippen LogP contribution < -0.4 is 5.32 Å². The molecule has 1 aliphatic carbocycles. The molecular weight excluding hydrogens is 302 g/mol. The summed E-state index contributed by atoms with van der Waals surface area (Å²) in [6.45, 7) is 6.90. The average molecular weight is 332 g/mol. The quantitative estimate of drug-likeness (QED) is 0.747. The van der Waals surface area contributed by atoms with Gasteiger partial charge in [0.15, 0.2) is 0 Å². The molecule has 1 aromatic carbocycles. The van der Waals surface area contributed by atoms with E-state index in [1.165, 1.54) is 23.1 Å². The van der Waals surface area contributed by atoms with E-state index in [4.69, 9.17) is 0 Å². The second-order valence-corrected chi connectivity index (χ2v) is 6.69. The van der Waals surface area contributed by atoms with Gasteiger partial charge < -0.3 is 5.32 Å². The lowest BCUT2D eigenvalue weighted by Gasteiger charge is -2.25. The van der Waals surface area contributed by atoms with Crippen LogP contribution in [0.25, 0.3) is 11.1 Å². The van der Waals surface area contributed by atoms with E-state index in [9.17, 15) is 4.79 Å². The molecule has 1 aromatic heterocycles. The Bertz CT molecular complexity index is 591. The van der Waals surface area contributed by atoms with Gasteiger partial charge in [-0.05, 0) is 52.3 Å². The van der Waals surface area contributed by atoms with Gasteiger partial charge in [0.1, 0.15) is 0 Å². The van der Waals surface area contributed by atoms with Crippen molar-refractivity contribution in [3.05, 3.63) is 46.7 Å². The Kier molecular flexibility index (Phi) is 6.85. The number of rotatable bonds is 5. The fraction of sp³-hybridized carbons (Fsp3) is 0.450. The summed E-state index contributed by atoms with van der Waals surface area (Å²) >= 11 is 1.72. The minimum Gasteiger partial charge on any atom is -0.355 e. The number of benzene rings is 1. The molecule has 2 nitrogen and oxygen atoms in total. The van der Waals surface area contributed by atoms with E-state index in [1.54, 1.807) is 11.3 Å². The SMILES string of the molecule is CC.CC(CNC(=O)C1CCC1)c1ccc(-c2ccsc2)cc1.[HH]. The van der Waals surface area contributed by atoms with E-state index in [2.05, 4.69) is 53.3 Å². The van der Waals surface area contributed by atoms with Crippen LogP contribution >= 0.6 is 11.3 Å². The molecule has 0 aliphatic heterocycles. The smallest absolute Gasteiger partial charge is 0.223 e. The minimum absolute atomic E-state index is 0. The molecule has 1 amide bonds. The van der Waals surface area contributed by atoms with Gasteiger partial charge in [-0.3, -0.25) is 4.79 Å². The molecule has 1 aliphatic rings. The van der Waals surface area contributed by atoms with E-state index < -0.39 is 0 Å². The number of amides is 1. The molecule has 126 valence electrons. The summed E-state index contributed by atoms with van der Waals surface area (Å²) in [5.74, 6) is 0.867. The van der Waals surface area contributed by atoms with E-state index in [1.807, 2.05) is 13.8 Å². The maximum Gasteiger partial charge on any atom is 0.223 e. The van der Waals surface area contributed by atoms with Crippen molar-refractivity contribution < 1.29 is 6.22 Å². The summed E-state index contributed by atoms with van der Waals surface area (Å²) in [7, 11) is 0. The normalized spacial score (nSPS) is 15.1. The summed E-state index contributed by atoms with van der Waals surface area (Å²) in [4.78, 5) is 11.9. The molecule has 1 unspecified atom stereocenters. The van der Waals surface area contributed by atoms with Gasteiger partial charge in [-0.1, -0.05) is 51.5 Å². The number of hydrogen-bond acceptors (Lipinski definition) is 2. The predicted octanol–water partition coefficient (Wildman–Crippen LogP) is 5.71. The first-order chi connectivity index (χ1) is 11.2. The fourth-order valence-electron chi connectivity index (χ4n) is 2.62. The highest BCUT2D eigenvalue weighted by Crippen LogP contribution is 2.27. The second-order valence-electron chi connectivity index (χ2n) is 5.91. The standard InChI is InChI=1S/C18H21NOS.C2H6.H2/c1-13(11-19-18(20)16-3-2-4-16)14-5-7-15(8-6-14)17-9-10-21-12-17;1-2;/h5-10,12-13,16H,2-4,11H2,1H3,(H,19,20);1-2H3;1H. The zero-order valence-corrected chi connectivity index (χ0v) is 15.2. The highest BCUT2D eigenvalue weighted by Gasteiger charge is 2.25. The number of carbonyl (C=O) groups is 1. The molecule has 3 heteroatoms. The van der Waals surface area contributed by atoms with Crippen molar-refractivity contribution in [3.63, 3.8) is 0 Å². The Hall–Kier alpha value is -1.61. The molecule has 0 saturated heterocycles. The van der Waals surface area contributed by atoms with Crippen molar-refractivity contribution in [2.75, 3.05) is 6.54 Å². The van der Waals surface area contributed by atoms with Crippen LogP contribution in [0.3, 0.4) is 0 Å². The van der Waals surface area contributed by atoms with Crippen molar-refractivity contribution in [1.29, 1.82) is 0 Å². The van der Waals surface area contributed by atoms with Gasteiger partial charge in [0, 0.05) is 13.9 Å². The first-order valence-electron chi connectivity index (χ1n) is 8.64. The Morgan fingerprint density at radius 3 is 2.43 bits per heavy atom. The predicted molar refractivity (Wildman–Crippen MR) is 102 cm³/mol. The monoisotopic (exact) mass is 331 g/mol. The Morgan fingerprint density at radius 2 is 1.91 bits per heavy atom. The fourth-order valence-corrected chi connectivity index (χ4v) is 3.28. The summed E-state index contributed by atoms with van der Waals surface area (Å²) < 4.78 is 0. The molecule has 1 fully saturated rings. The van der Waals surface area contributed by atoms with E-state index in [-0.39, 0.29) is 13.3 Å². The molecule has 2 aromatic rings. The molecule has 1 atom stereocenters. The summed E-state index contributed by atoms with van der Waals surface area (Å²) in [6.07, 6.45) is 3.34. The van der Waals surface area contributed by atoms with Gasteiger partial charge in [-0.15, -0.1) is 0 Å². The van der Waals surface area contributed by atoms with Crippen LogP contribution in [0.2, 0.25) is 0 Å². The van der Waals surface area contributed by atoms with Crippen LogP contribution in [-0.2, 0) is 4.79 Å². The highest BCUT2D eigenvalue weighted by molar-refractivity contribution is 7.08. The number of hydrogen-bond donors (Lipinski definition) is 1. The van der Waals surface area contributed by atoms with E-state index in [0.29, 0.717) is 5.92 Å². The van der Waals surface area contributed by atoms with Gasteiger partial charge in [0.2, 0.25) is 5.91 Å². The Labute approximate surface area is 145 Å². The number of thiophene rings is 1.